The molecule has 0 bridgehead atoms. The zero-order chi connectivity index (χ0) is 14.4. The van der Waals surface area contributed by atoms with E-state index in [1.165, 1.54) is 14.9 Å². The maximum Gasteiger partial charge on any atom is 0.118 e. The third-order valence-corrected chi connectivity index (χ3v) is 4.97. The smallest absolute Gasteiger partial charge is 0.118 e. The van der Waals surface area contributed by atoms with Gasteiger partial charge in [-0.05, 0) is 59.5 Å². The zero-order valence-corrected chi connectivity index (χ0v) is 14.3. The van der Waals surface area contributed by atoms with Crippen LogP contribution in [0.1, 0.15) is 23.8 Å². The quantitative estimate of drug-likeness (QED) is 0.783. The van der Waals surface area contributed by atoms with Crippen molar-refractivity contribution in [1.82, 2.24) is 5.32 Å². The molecule has 0 aliphatic carbocycles. The Hall–Kier alpha value is -0.840. The number of thiophene rings is 1. The molecule has 0 aliphatic rings. The molecule has 20 heavy (non-hydrogen) atoms. The molecule has 1 aromatic heterocycles. The molecular formula is C16H20BrNOS. The van der Waals surface area contributed by atoms with Gasteiger partial charge >= 0.3 is 0 Å². The summed E-state index contributed by atoms with van der Waals surface area (Å²) in [6.45, 7) is 3.19. The number of methoxy groups -OCH3 is 1. The van der Waals surface area contributed by atoms with Gasteiger partial charge in [0.15, 0.2) is 0 Å². The number of halogens is 1. The minimum Gasteiger partial charge on any atom is -0.497 e. The van der Waals surface area contributed by atoms with Crippen molar-refractivity contribution in [2.24, 2.45) is 0 Å². The molecule has 2 nitrogen and oxygen atoms in total. The van der Waals surface area contributed by atoms with E-state index in [0.29, 0.717) is 6.04 Å². The van der Waals surface area contributed by atoms with E-state index < -0.39 is 0 Å². The highest BCUT2D eigenvalue weighted by molar-refractivity contribution is 9.10. The molecule has 2 aromatic rings. The first-order chi connectivity index (χ1) is 9.67. The summed E-state index contributed by atoms with van der Waals surface area (Å²) in [6.07, 6.45) is 2.23. The fraction of sp³-hybridized carbons (Fsp3) is 0.375. The van der Waals surface area contributed by atoms with Crippen LogP contribution in [0, 0.1) is 0 Å². The van der Waals surface area contributed by atoms with Crippen LogP contribution in [-0.4, -0.2) is 13.2 Å². The summed E-state index contributed by atoms with van der Waals surface area (Å²) in [7, 11) is 1.70. The van der Waals surface area contributed by atoms with Crippen molar-refractivity contribution in [3.05, 3.63) is 50.6 Å². The van der Waals surface area contributed by atoms with Crippen molar-refractivity contribution >= 4 is 27.3 Å². The van der Waals surface area contributed by atoms with Crippen molar-refractivity contribution in [1.29, 1.82) is 0 Å². The first kappa shape index (κ1) is 15.5. The Kier molecular flexibility index (Phi) is 6.07. The predicted octanol–water partition coefficient (Wildman–Crippen LogP) is 4.63. The molecule has 1 unspecified atom stereocenters. The summed E-state index contributed by atoms with van der Waals surface area (Å²) in [5.74, 6) is 0.920. The third kappa shape index (κ3) is 4.93. The molecule has 108 valence electrons. The number of benzene rings is 1. The third-order valence-electron chi connectivity index (χ3n) is 3.27. The van der Waals surface area contributed by atoms with E-state index in [2.05, 4.69) is 51.7 Å². The molecular weight excluding hydrogens is 334 g/mol. The van der Waals surface area contributed by atoms with Gasteiger partial charge in [0, 0.05) is 27.3 Å². The molecule has 1 aromatic carbocycles. The Morgan fingerprint density at radius 1 is 1.30 bits per heavy atom. The van der Waals surface area contributed by atoms with E-state index in [1.54, 1.807) is 18.4 Å². The van der Waals surface area contributed by atoms with Crippen molar-refractivity contribution in [2.75, 3.05) is 7.11 Å². The molecule has 4 heteroatoms. The SMILES string of the molecule is COc1ccc(CCC(C)NCc2cc(Br)cs2)cc1. The highest BCUT2D eigenvalue weighted by Gasteiger charge is 2.04. The van der Waals surface area contributed by atoms with Gasteiger partial charge < -0.3 is 10.1 Å². The van der Waals surface area contributed by atoms with Gasteiger partial charge in [-0.15, -0.1) is 11.3 Å². The van der Waals surface area contributed by atoms with Gasteiger partial charge in [-0.2, -0.15) is 0 Å². The van der Waals surface area contributed by atoms with Crippen molar-refractivity contribution < 1.29 is 4.74 Å². The van der Waals surface area contributed by atoms with Crippen molar-refractivity contribution in [3.63, 3.8) is 0 Å². The van der Waals surface area contributed by atoms with Crippen LogP contribution >= 0.6 is 27.3 Å². The number of aryl methyl sites for hydroxylation is 1. The van der Waals surface area contributed by atoms with Crippen LogP contribution in [-0.2, 0) is 13.0 Å². The molecule has 0 aliphatic heterocycles. The lowest BCUT2D eigenvalue weighted by molar-refractivity contribution is 0.414. The molecule has 0 amide bonds. The van der Waals surface area contributed by atoms with Crippen LogP contribution in [0.3, 0.4) is 0 Å². The lowest BCUT2D eigenvalue weighted by atomic mass is 10.1. The molecule has 0 saturated carbocycles. The lowest BCUT2D eigenvalue weighted by Crippen LogP contribution is -2.25. The Labute approximate surface area is 133 Å². The van der Waals surface area contributed by atoms with Gasteiger partial charge in [-0.1, -0.05) is 12.1 Å². The lowest BCUT2D eigenvalue weighted by Gasteiger charge is -2.13. The van der Waals surface area contributed by atoms with E-state index in [4.69, 9.17) is 4.74 Å². The Morgan fingerprint density at radius 3 is 2.65 bits per heavy atom. The maximum absolute atomic E-state index is 5.17. The van der Waals surface area contributed by atoms with Gasteiger partial charge in [-0.3, -0.25) is 0 Å². The van der Waals surface area contributed by atoms with Gasteiger partial charge in [0.1, 0.15) is 5.75 Å². The molecule has 0 radical (unpaired) electrons. The molecule has 1 atom stereocenters. The van der Waals surface area contributed by atoms with Gasteiger partial charge in [0.05, 0.1) is 7.11 Å². The topological polar surface area (TPSA) is 21.3 Å². The minimum atomic E-state index is 0.512. The first-order valence-corrected chi connectivity index (χ1v) is 8.44. The van der Waals surface area contributed by atoms with Crippen LogP contribution in [0.2, 0.25) is 0 Å². The summed E-state index contributed by atoms with van der Waals surface area (Å²) in [5.41, 5.74) is 1.36. The maximum atomic E-state index is 5.17. The molecule has 1 heterocycles. The van der Waals surface area contributed by atoms with Crippen molar-refractivity contribution in [3.8, 4) is 5.75 Å². The standard InChI is InChI=1S/C16H20BrNOS/c1-12(18-10-16-9-14(17)11-20-16)3-4-13-5-7-15(19-2)8-6-13/h5-9,11-12,18H,3-4,10H2,1-2H3. The summed E-state index contributed by atoms with van der Waals surface area (Å²) in [4.78, 5) is 1.37. The van der Waals surface area contributed by atoms with E-state index in [-0.39, 0.29) is 0 Å². The fourth-order valence-electron chi connectivity index (χ4n) is 2.00. The van der Waals surface area contributed by atoms with E-state index in [9.17, 15) is 0 Å². The monoisotopic (exact) mass is 353 g/mol. The van der Waals surface area contributed by atoms with E-state index >= 15 is 0 Å². The molecule has 1 N–H and O–H groups in total. The molecule has 0 spiro atoms. The summed E-state index contributed by atoms with van der Waals surface area (Å²) < 4.78 is 6.34. The second kappa shape index (κ2) is 7.81. The van der Waals surface area contributed by atoms with Crippen molar-refractivity contribution in [2.45, 2.75) is 32.4 Å². The van der Waals surface area contributed by atoms with Crippen LogP contribution in [0.25, 0.3) is 0 Å². The predicted molar refractivity (Wildman–Crippen MR) is 89.6 cm³/mol. The Balaban J connectivity index is 1.72. The first-order valence-electron chi connectivity index (χ1n) is 6.76. The molecule has 0 saturated heterocycles. The van der Waals surface area contributed by atoms with Gasteiger partial charge in [-0.25, -0.2) is 0 Å². The number of ether oxygens (including phenoxy) is 1. The fourth-order valence-corrected chi connectivity index (χ4v) is 3.40. The number of hydrogen-bond acceptors (Lipinski definition) is 3. The zero-order valence-electron chi connectivity index (χ0n) is 11.9. The Bertz CT molecular complexity index is 524. The van der Waals surface area contributed by atoms with Crippen LogP contribution in [0.15, 0.2) is 40.2 Å². The Morgan fingerprint density at radius 2 is 2.05 bits per heavy atom. The second-order valence-electron chi connectivity index (χ2n) is 4.90. The average molecular weight is 354 g/mol. The van der Waals surface area contributed by atoms with Crippen LogP contribution < -0.4 is 10.1 Å². The normalized spacial score (nSPS) is 12.3. The minimum absolute atomic E-state index is 0.512. The molecule has 0 fully saturated rings. The number of hydrogen-bond donors (Lipinski definition) is 1. The highest BCUT2D eigenvalue weighted by atomic mass is 79.9. The highest BCUT2D eigenvalue weighted by Crippen LogP contribution is 2.19. The van der Waals surface area contributed by atoms with Crippen LogP contribution in [0.4, 0.5) is 0 Å². The average Bonchev–Trinajstić information content (AvgIpc) is 2.89. The summed E-state index contributed by atoms with van der Waals surface area (Å²) >= 11 is 5.27. The molecule has 2 rings (SSSR count). The number of rotatable bonds is 7. The summed E-state index contributed by atoms with van der Waals surface area (Å²) in [6, 6.07) is 11.0. The second-order valence-corrected chi connectivity index (χ2v) is 6.81. The largest absolute Gasteiger partial charge is 0.497 e. The summed E-state index contributed by atoms with van der Waals surface area (Å²) in [5, 5.41) is 5.69. The van der Waals surface area contributed by atoms with Gasteiger partial charge in [0.25, 0.3) is 0 Å². The van der Waals surface area contributed by atoms with E-state index in [0.717, 1.165) is 25.1 Å². The van der Waals surface area contributed by atoms with E-state index in [1.807, 2.05) is 12.1 Å². The van der Waals surface area contributed by atoms with Gasteiger partial charge in [0.2, 0.25) is 0 Å². The number of nitrogens with one attached hydrogen (secondary N) is 1. The van der Waals surface area contributed by atoms with Crippen LogP contribution in [0.5, 0.6) is 5.75 Å².